The van der Waals surface area contributed by atoms with Crippen LogP contribution in [0.3, 0.4) is 0 Å². The van der Waals surface area contributed by atoms with Crippen LogP contribution in [0.15, 0.2) is 0 Å². The first-order chi connectivity index (χ1) is 8.75. The van der Waals surface area contributed by atoms with Crippen LogP contribution in [0.4, 0.5) is 0 Å². The summed E-state index contributed by atoms with van der Waals surface area (Å²) in [6.07, 6.45) is 6.35. The van der Waals surface area contributed by atoms with Crippen LogP contribution in [0.2, 0.25) is 0 Å². The van der Waals surface area contributed by atoms with Gasteiger partial charge in [-0.3, -0.25) is 0 Å². The maximum Gasteiger partial charge on any atom is 0.132 e. The van der Waals surface area contributed by atoms with Crippen molar-refractivity contribution < 1.29 is 0 Å². The minimum atomic E-state index is 0.514. The van der Waals surface area contributed by atoms with Crippen LogP contribution in [0.1, 0.15) is 74.1 Å². The lowest BCUT2D eigenvalue weighted by atomic mass is 9.96. The number of fused-ring (bicyclic) bond motifs is 1. The Balaban J connectivity index is 2.03. The Bertz CT molecular complexity index is 434. The Hall–Kier alpha value is -0.960. The molecule has 3 heteroatoms. The normalized spacial score (nSPS) is 20.4. The van der Waals surface area contributed by atoms with Gasteiger partial charge in [-0.25, -0.2) is 9.97 Å². The molecule has 2 heterocycles. The zero-order chi connectivity index (χ0) is 12.5. The SMILES string of the molecule is CC(C)c1nc(C2CCCC2)nc2c1CCNC2. The van der Waals surface area contributed by atoms with E-state index in [0.717, 1.165) is 25.3 Å². The molecule has 0 spiro atoms. The molecule has 1 aromatic rings. The van der Waals surface area contributed by atoms with E-state index in [-0.39, 0.29) is 0 Å². The van der Waals surface area contributed by atoms with Gasteiger partial charge in [-0.15, -0.1) is 0 Å². The van der Waals surface area contributed by atoms with Crippen molar-refractivity contribution in [1.82, 2.24) is 15.3 Å². The highest BCUT2D eigenvalue weighted by atomic mass is 15.0. The van der Waals surface area contributed by atoms with Crippen molar-refractivity contribution in [3.63, 3.8) is 0 Å². The second kappa shape index (κ2) is 4.96. The summed E-state index contributed by atoms with van der Waals surface area (Å²) in [6.45, 7) is 6.50. The van der Waals surface area contributed by atoms with Crippen LogP contribution in [-0.2, 0) is 13.0 Å². The molecule has 0 amide bonds. The van der Waals surface area contributed by atoms with Crippen LogP contribution < -0.4 is 5.32 Å². The van der Waals surface area contributed by atoms with Gasteiger partial charge >= 0.3 is 0 Å². The highest BCUT2D eigenvalue weighted by molar-refractivity contribution is 5.31. The lowest BCUT2D eigenvalue weighted by Crippen LogP contribution is -2.27. The van der Waals surface area contributed by atoms with Crippen molar-refractivity contribution >= 4 is 0 Å². The second-order valence-electron chi connectivity index (χ2n) is 5.96. The highest BCUT2D eigenvalue weighted by Gasteiger charge is 2.24. The van der Waals surface area contributed by atoms with Gasteiger partial charge in [0.1, 0.15) is 5.82 Å². The van der Waals surface area contributed by atoms with Crippen molar-refractivity contribution in [2.75, 3.05) is 6.54 Å². The van der Waals surface area contributed by atoms with Crippen molar-refractivity contribution in [3.05, 3.63) is 22.8 Å². The largest absolute Gasteiger partial charge is 0.311 e. The molecule has 18 heavy (non-hydrogen) atoms. The predicted octanol–water partition coefficient (Wildman–Crippen LogP) is 2.90. The summed E-state index contributed by atoms with van der Waals surface area (Å²) in [5.41, 5.74) is 4.00. The zero-order valence-electron chi connectivity index (χ0n) is 11.5. The average Bonchev–Trinajstić information content (AvgIpc) is 2.91. The van der Waals surface area contributed by atoms with E-state index in [0.29, 0.717) is 11.8 Å². The quantitative estimate of drug-likeness (QED) is 0.870. The third kappa shape index (κ3) is 2.16. The number of hydrogen-bond acceptors (Lipinski definition) is 3. The number of nitrogens with zero attached hydrogens (tertiary/aromatic N) is 2. The summed E-state index contributed by atoms with van der Waals surface area (Å²) in [6, 6.07) is 0. The van der Waals surface area contributed by atoms with Gasteiger partial charge in [-0.05, 0) is 37.3 Å². The van der Waals surface area contributed by atoms with E-state index in [2.05, 4.69) is 19.2 Å². The molecule has 0 atom stereocenters. The molecule has 0 unspecified atom stereocenters. The first-order valence-electron chi connectivity index (χ1n) is 7.36. The van der Waals surface area contributed by atoms with E-state index in [9.17, 15) is 0 Å². The summed E-state index contributed by atoms with van der Waals surface area (Å²) in [5.74, 6) is 2.26. The molecule has 1 fully saturated rings. The van der Waals surface area contributed by atoms with Gasteiger partial charge in [0, 0.05) is 12.5 Å². The van der Waals surface area contributed by atoms with Crippen LogP contribution in [0.25, 0.3) is 0 Å². The van der Waals surface area contributed by atoms with E-state index in [1.807, 2.05) is 0 Å². The molecule has 1 aromatic heterocycles. The first kappa shape index (κ1) is 12.1. The molecular weight excluding hydrogens is 222 g/mol. The monoisotopic (exact) mass is 245 g/mol. The Morgan fingerprint density at radius 2 is 1.94 bits per heavy atom. The van der Waals surface area contributed by atoms with E-state index < -0.39 is 0 Å². The fraction of sp³-hybridized carbons (Fsp3) is 0.733. The van der Waals surface area contributed by atoms with E-state index in [1.54, 1.807) is 0 Å². The third-order valence-corrected chi connectivity index (χ3v) is 4.25. The smallest absolute Gasteiger partial charge is 0.132 e. The molecule has 3 nitrogen and oxygen atoms in total. The van der Waals surface area contributed by atoms with Crippen LogP contribution in [-0.4, -0.2) is 16.5 Å². The van der Waals surface area contributed by atoms with Crippen molar-refractivity contribution in [2.45, 2.75) is 64.3 Å². The maximum atomic E-state index is 4.93. The van der Waals surface area contributed by atoms with Gasteiger partial charge in [-0.2, -0.15) is 0 Å². The van der Waals surface area contributed by atoms with Gasteiger partial charge in [0.05, 0.1) is 11.4 Å². The molecule has 98 valence electrons. The average molecular weight is 245 g/mol. The Morgan fingerprint density at radius 3 is 2.67 bits per heavy atom. The molecule has 1 N–H and O–H groups in total. The Morgan fingerprint density at radius 1 is 1.17 bits per heavy atom. The second-order valence-corrected chi connectivity index (χ2v) is 5.96. The Kier molecular flexibility index (Phi) is 3.33. The molecule has 0 bridgehead atoms. The molecule has 1 saturated carbocycles. The number of nitrogens with one attached hydrogen (secondary N) is 1. The van der Waals surface area contributed by atoms with Gasteiger partial charge in [0.25, 0.3) is 0 Å². The molecule has 0 radical (unpaired) electrons. The zero-order valence-corrected chi connectivity index (χ0v) is 11.5. The molecule has 3 rings (SSSR count). The van der Waals surface area contributed by atoms with Gasteiger partial charge in [0.15, 0.2) is 0 Å². The van der Waals surface area contributed by atoms with Gasteiger partial charge < -0.3 is 5.32 Å². The summed E-state index contributed by atoms with van der Waals surface area (Å²) in [7, 11) is 0. The molecule has 1 aliphatic heterocycles. The van der Waals surface area contributed by atoms with E-state index >= 15 is 0 Å². The predicted molar refractivity (Wildman–Crippen MR) is 72.7 cm³/mol. The molecular formula is C15H23N3. The number of hydrogen-bond donors (Lipinski definition) is 1. The standard InChI is InChI=1S/C15H23N3/c1-10(2)14-12-7-8-16-9-13(12)17-15(18-14)11-5-3-4-6-11/h10-11,16H,3-9H2,1-2H3. The van der Waals surface area contributed by atoms with Crippen molar-refractivity contribution in [1.29, 1.82) is 0 Å². The van der Waals surface area contributed by atoms with Crippen molar-refractivity contribution in [3.8, 4) is 0 Å². The summed E-state index contributed by atoms with van der Waals surface area (Å²) in [4.78, 5) is 9.79. The fourth-order valence-electron chi connectivity index (χ4n) is 3.25. The van der Waals surface area contributed by atoms with Crippen LogP contribution >= 0.6 is 0 Å². The fourth-order valence-corrected chi connectivity index (χ4v) is 3.25. The number of aromatic nitrogens is 2. The lowest BCUT2D eigenvalue weighted by Gasteiger charge is -2.23. The van der Waals surface area contributed by atoms with Gasteiger partial charge in [0.2, 0.25) is 0 Å². The maximum absolute atomic E-state index is 4.93. The summed E-state index contributed by atoms with van der Waals surface area (Å²) >= 11 is 0. The van der Waals surface area contributed by atoms with E-state index in [1.165, 1.54) is 42.6 Å². The van der Waals surface area contributed by atoms with Crippen LogP contribution in [0.5, 0.6) is 0 Å². The minimum absolute atomic E-state index is 0.514. The van der Waals surface area contributed by atoms with E-state index in [4.69, 9.17) is 9.97 Å². The number of rotatable bonds is 2. The lowest BCUT2D eigenvalue weighted by molar-refractivity contribution is 0.579. The summed E-state index contributed by atoms with van der Waals surface area (Å²) < 4.78 is 0. The minimum Gasteiger partial charge on any atom is -0.311 e. The molecule has 1 aliphatic carbocycles. The Labute approximate surface area is 109 Å². The topological polar surface area (TPSA) is 37.8 Å². The highest BCUT2D eigenvalue weighted by Crippen LogP contribution is 2.34. The first-order valence-corrected chi connectivity index (χ1v) is 7.36. The van der Waals surface area contributed by atoms with Crippen molar-refractivity contribution in [2.24, 2.45) is 0 Å². The molecule has 0 aromatic carbocycles. The van der Waals surface area contributed by atoms with Crippen LogP contribution in [0, 0.1) is 0 Å². The molecule has 2 aliphatic rings. The summed E-state index contributed by atoms with van der Waals surface area (Å²) in [5, 5.41) is 3.43. The van der Waals surface area contributed by atoms with Gasteiger partial charge in [-0.1, -0.05) is 26.7 Å². The third-order valence-electron chi connectivity index (χ3n) is 4.25. The molecule has 0 saturated heterocycles.